The van der Waals surface area contributed by atoms with Crippen molar-refractivity contribution in [3.05, 3.63) is 64.7 Å². The molecule has 1 heterocycles. The Labute approximate surface area is 153 Å². The van der Waals surface area contributed by atoms with Gasteiger partial charge in [-0.25, -0.2) is 4.98 Å². The van der Waals surface area contributed by atoms with Crippen LogP contribution in [0, 0.1) is 0 Å². The Balaban J connectivity index is 2.17. The van der Waals surface area contributed by atoms with E-state index in [0.29, 0.717) is 18.5 Å². The van der Waals surface area contributed by atoms with Gasteiger partial charge < -0.3 is 9.64 Å². The van der Waals surface area contributed by atoms with Crippen LogP contribution in [-0.2, 0) is 6.54 Å². The van der Waals surface area contributed by atoms with Gasteiger partial charge in [0.05, 0.1) is 36.3 Å². The molecular formula is C21H26N3O2+. The second-order valence-corrected chi connectivity index (χ2v) is 6.25. The van der Waals surface area contributed by atoms with Crippen molar-refractivity contribution in [2.24, 2.45) is 0 Å². The van der Waals surface area contributed by atoms with Gasteiger partial charge in [0.25, 0.3) is 5.56 Å². The summed E-state index contributed by atoms with van der Waals surface area (Å²) >= 11 is 0. The molecule has 3 aromatic rings. The van der Waals surface area contributed by atoms with E-state index in [0.717, 1.165) is 35.9 Å². The van der Waals surface area contributed by atoms with E-state index in [1.54, 1.807) is 4.57 Å². The zero-order chi connectivity index (χ0) is 18.5. The Hall–Kier alpha value is -2.66. The minimum atomic E-state index is -0.0266. The second-order valence-electron chi connectivity index (χ2n) is 6.25. The lowest BCUT2D eigenvalue weighted by Crippen LogP contribution is -3.10. The maximum Gasteiger partial charge on any atom is 0.266 e. The molecule has 1 N–H and O–H groups in total. The average molecular weight is 352 g/mol. The molecule has 0 unspecified atom stereocenters. The summed E-state index contributed by atoms with van der Waals surface area (Å²) in [7, 11) is 0. The van der Waals surface area contributed by atoms with Gasteiger partial charge in [0.15, 0.2) is 5.82 Å². The normalized spacial score (nSPS) is 11.2. The number of rotatable bonds is 7. The van der Waals surface area contributed by atoms with Crippen molar-refractivity contribution in [2.75, 3.05) is 19.7 Å². The molecule has 0 atom stereocenters. The number of hydrogen-bond acceptors (Lipinski definition) is 3. The molecule has 1 aromatic heterocycles. The zero-order valence-corrected chi connectivity index (χ0v) is 15.7. The van der Waals surface area contributed by atoms with Crippen molar-refractivity contribution in [2.45, 2.75) is 27.3 Å². The lowest BCUT2D eigenvalue weighted by atomic mass is 10.2. The SMILES string of the molecule is CCOc1ccc(-n2c(C[NH+](CC)CC)nc3ccccc3c2=O)cc1. The predicted molar refractivity (Wildman–Crippen MR) is 104 cm³/mol. The van der Waals surface area contributed by atoms with E-state index in [2.05, 4.69) is 13.8 Å². The number of hydrogen-bond donors (Lipinski definition) is 1. The van der Waals surface area contributed by atoms with Crippen LogP contribution in [0.3, 0.4) is 0 Å². The van der Waals surface area contributed by atoms with E-state index in [1.807, 2.05) is 55.5 Å². The molecule has 0 saturated carbocycles. The van der Waals surface area contributed by atoms with Gasteiger partial charge in [-0.15, -0.1) is 0 Å². The molecule has 0 saturated heterocycles. The molecule has 5 nitrogen and oxygen atoms in total. The summed E-state index contributed by atoms with van der Waals surface area (Å²) in [6.07, 6.45) is 0. The highest BCUT2D eigenvalue weighted by molar-refractivity contribution is 5.77. The largest absolute Gasteiger partial charge is 0.494 e. The van der Waals surface area contributed by atoms with E-state index >= 15 is 0 Å². The first-order chi connectivity index (χ1) is 12.7. The number of nitrogens with one attached hydrogen (secondary N) is 1. The molecule has 0 aliphatic heterocycles. The highest BCUT2D eigenvalue weighted by Gasteiger charge is 2.16. The number of benzene rings is 2. The summed E-state index contributed by atoms with van der Waals surface area (Å²) in [5, 5.41) is 0.639. The van der Waals surface area contributed by atoms with Crippen molar-refractivity contribution in [1.29, 1.82) is 0 Å². The van der Waals surface area contributed by atoms with E-state index in [9.17, 15) is 4.79 Å². The van der Waals surface area contributed by atoms with Crippen LogP contribution in [0.4, 0.5) is 0 Å². The van der Waals surface area contributed by atoms with Crippen LogP contribution in [-0.4, -0.2) is 29.2 Å². The lowest BCUT2D eigenvalue weighted by molar-refractivity contribution is -0.911. The van der Waals surface area contributed by atoms with E-state index < -0.39 is 0 Å². The Bertz CT molecular complexity index is 928. The fraction of sp³-hybridized carbons (Fsp3) is 0.333. The highest BCUT2D eigenvalue weighted by atomic mass is 16.5. The number of para-hydroxylation sites is 1. The van der Waals surface area contributed by atoms with Gasteiger partial charge >= 0.3 is 0 Å². The van der Waals surface area contributed by atoms with Gasteiger partial charge in [-0.2, -0.15) is 0 Å². The lowest BCUT2D eigenvalue weighted by Gasteiger charge is -2.19. The molecule has 5 heteroatoms. The number of quaternary nitrogens is 1. The van der Waals surface area contributed by atoms with Crippen molar-refractivity contribution >= 4 is 10.9 Å². The molecule has 136 valence electrons. The summed E-state index contributed by atoms with van der Waals surface area (Å²) in [6, 6.07) is 15.2. The van der Waals surface area contributed by atoms with Gasteiger partial charge in [-0.1, -0.05) is 12.1 Å². The molecule has 0 bridgehead atoms. The molecule has 0 radical (unpaired) electrons. The Morgan fingerprint density at radius 2 is 1.69 bits per heavy atom. The molecule has 26 heavy (non-hydrogen) atoms. The summed E-state index contributed by atoms with van der Waals surface area (Å²) in [4.78, 5) is 19.4. The Morgan fingerprint density at radius 3 is 2.35 bits per heavy atom. The van der Waals surface area contributed by atoms with Gasteiger partial charge in [-0.3, -0.25) is 9.36 Å². The predicted octanol–water partition coefficient (Wildman–Crippen LogP) is 2.21. The maximum absolute atomic E-state index is 13.2. The van der Waals surface area contributed by atoms with Gasteiger partial charge in [0, 0.05) is 0 Å². The monoisotopic (exact) mass is 352 g/mol. The van der Waals surface area contributed by atoms with E-state index in [4.69, 9.17) is 9.72 Å². The molecule has 0 aliphatic rings. The average Bonchev–Trinajstić information content (AvgIpc) is 2.67. The quantitative estimate of drug-likeness (QED) is 0.709. The van der Waals surface area contributed by atoms with Crippen LogP contribution in [0.1, 0.15) is 26.6 Å². The first-order valence-corrected chi connectivity index (χ1v) is 9.25. The zero-order valence-electron chi connectivity index (χ0n) is 15.7. The molecule has 0 spiro atoms. The molecule has 2 aromatic carbocycles. The van der Waals surface area contributed by atoms with Gasteiger partial charge in [0.2, 0.25) is 0 Å². The first kappa shape index (κ1) is 18.1. The van der Waals surface area contributed by atoms with Crippen LogP contribution in [0.15, 0.2) is 53.3 Å². The maximum atomic E-state index is 13.2. The fourth-order valence-corrected chi connectivity index (χ4v) is 3.15. The Kier molecular flexibility index (Phi) is 5.68. The van der Waals surface area contributed by atoms with Crippen LogP contribution in [0.25, 0.3) is 16.6 Å². The summed E-state index contributed by atoms with van der Waals surface area (Å²) in [5.41, 5.74) is 1.54. The van der Waals surface area contributed by atoms with Gasteiger partial charge in [0.1, 0.15) is 12.3 Å². The smallest absolute Gasteiger partial charge is 0.266 e. The van der Waals surface area contributed by atoms with Crippen LogP contribution in [0.2, 0.25) is 0 Å². The Morgan fingerprint density at radius 1 is 1.00 bits per heavy atom. The number of fused-ring (bicyclic) bond motifs is 1. The van der Waals surface area contributed by atoms with Gasteiger partial charge in [-0.05, 0) is 57.2 Å². The van der Waals surface area contributed by atoms with Crippen molar-refractivity contribution in [3.8, 4) is 11.4 Å². The van der Waals surface area contributed by atoms with E-state index in [1.165, 1.54) is 4.90 Å². The molecule has 3 rings (SSSR count). The highest BCUT2D eigenvalue weighted by Crippen LogP contribution is 2.17. The third kappa shape index (κ3) is 3.63. The minimum Gasteiger partial charge on any atom is -0.494 e. The van der Waals surface area contributed by atoms with Crippen LogP contribution < -0.4 is 15.2 Å². The number of aromatic nitrogens is 2. The van der Waals surface area contributed by atoms with Crippen molar-refractivity contribution in [1.82, 2.24) is 9.55 Å². The molecule has 0 amide bonds. The summed E-state index contributed by atoms with van der Waals surface area (Å²) < 4.78 is 7.26. The van der Waals surface area contributed by atoms with Crippen LogP contribution in [0.5, 0.6) is 5.75 Å². The molecular weight excluding hydrogens is 326 g/mol. The second kappa shape index (κ2) is 8.15. The number of ether oxygens (including phenoxy) is 1. The van der Waals surface area contributed by atoms with E-state index in [-0.39, 0.29) is 5.56 Å². The fourth-order valence-electron chi connectivity index (χ4n) is 3.15. The number of nitrogens with zero attached hydrogens (tertiary/aromatic N) is 2. The molecule has 0 fully saturated rings. The standard InChI is InChI=1S/C21H25N3O2/c1-4-23(5-2)15-20-22-19-10-8-7-9-18(19)21(25)24(20)16-11-13-17(14-12-16)26-6-3/h7-14H,4-6,15H2,1-3H3/p+1. The van der Waals surface area contributed by atoms with Crippen molar-refractivity contribution < 1.29 is 9.64 Å². The van der Waals surface area contributed by atoms with Crippen molar-refractivity contribution in [3.63, 3.8) is 0 Å². The topological polar surface area (TPSA) is 48.6 Å². The first-order valence-electron chi connectivity index (χ1n) is 9.25. The third-order valence-corrected chi connectivity index (χ3v) is 4.66. The summed E-state index contributed by atoms with van der Waals surface area (Å²) in [5.74, 6) is 1.59. The van der Waals surface area contributed by atoms with Crippen LogP contribution >= 0.6 is 0 Å². The third-order valence-electron chi connectivity index (χ3n) is 4.66. The summed E-state index contributed by atoms with van der Waals surface area (Å²) in [6.45, 7) is 9.56. The molecule has 0 aliphatic carbocycles. The minimum absolute atomic E-state index is 0.0266.